The summed E-state index contributed by atoms with van der Waals surface area (Å²) in [4.78, 5) is 6.84. The van der Waals surface area contributed by atoms with Gasteiger partial charge < -0.3 is 10.2 Å². The van der Waals surface area contributed by atoms with Gasteiger partial charge in [0.2, 0.25) is 0 Å². The standard InChI is InChI=1S/C21H29N3S2/c1-3-19(11-12-22-15-18-26-25-4-2)5-6-20-7-9-21(10-8-20)24-16-13-23-14-17-24/h3,5-12,23H,1,4,13-18H2,2H3/b6-5+,19-11+,22-12+. The third-order valence-corrected chi connectivity index (χ3v) is 6.42. The molecule has 0 aliphatic carbocycles. The van der Waals surface area contributed by atoms with Crippen molar-refractivity contribution in [3.63, 3.8) is 0 Å². The molecule has 0 atom stereocenters. The highest BCUT2D eigenvalue weighted by Gasteiger charge is 2.09. The second-order valence-electron chi connectivity index (χ2n) is 5.82. The number of nitrogens with zero attached hydrogens (tertiary/aromatic N) is 2. The lowest BCUT2D eigenvalue weighted by Gasteiger charge is -2.29. The summed E-state index contributed by atoms with van der Waals surface area (Å²) >= 11 is 0. The highest BCUT2D eigenvalue weighted by atomic mass is 33.1. The van der Waals surface area contributed by atoms with E-state index in [-0.39, 0.29) is 0 Å². The topological polar surface area (TPSA) is 27.6 Å². The van der Waals surface area contributed by atoms with Gasteiger partial charge in [0, 0.05) is 56.1 Å². The van der Waals surface area contributed by atoms with Crippen molar-refractivity contribution in [2.24, 2.45) is 4.99 Å². The van der Waals surface area contributed by atoms with Gasteiger partial charge in [0.25, 0.3) is 0 Å². The number of hydrogen-bond donors (Lipinski definition) is 1. The predicted octanol–water partition coefficient (Wildman–Crippen LogP) is 4.69. The first-order valence-corrected chi connectivity index (χ1v) is 11.6. The Bertz CT molecular complexity index is 615. The van der Waals surface area contributed by atoms with Gasteiger partial charge in [-0.2, -0.15) is 0 Å². The molecule has 5 heteroatoms. The van der Waals surface area contributed by atoms with Gasteiger partial charge in [-0.05, 0) is 29.3 Å². The Morgan fingerprint density at radius 3 is 2.69 bits per heavy atom. The molecule has 0 bridgehead atoms. The van der Waals surface area contributed by atoms with Gasteiger partial charge in [-0.25, -0.2) is 0 Å². The zero-order valence-corrected chi connectivity index (χ0v) is 17.2. The molecule has 1 fully saturated rings. The van der Waals surface area contributed by atoms with Crippen molar-refractivity contribution in [2.45, 2.75) is 6.92 Å². The molecule has 1 heterocycles. The fourth-order valence-electron chi connectivity index (χ4n) is 2.55. The third-order valence-electron chi connectivity index (χ3n) is 3.96. The van der Waals surface area contributed by atoms with E-state index in [1.165, 1.54) is 11.3 Å². The Hall–Kier alpha value is -1.43. The van der Waals surface area contributed by atoms with Gasteiger partial charge in [-0.3, -0.25) is 4.99 Å². The van der Waals surface area contributed by atoms with Crippen LogP contribution in [0, 0.1) is 0 Å². The summed E-state index contributed by atoms with van der Waals surface area (Å²) in [6, 6.07) is 8.75. The first kappa shape index (κ1) is 20.9. The lowest BCUT2D eigenvalue weighted by Crippen LogP contribution is -2.43. The number of hydrogen-bond acceptors (Lipinski definition) is 5. The Labute approximate surface area is 166 Å². The monoisotopic (exact) mass is 387 g/mol. The smallest absolute Gasteiger partial charge is 0.0488 e. The van der Waals surface area contributed by atoms with E-state index in [1.54, 1.807) is 0 Å². The molecule has 26 heavy (non-hydrogen) atoms. The minimum absolute atomic E-state index is 0.857. The molecule has 2 rings (SSSR count). The maximum absolute atomic E-state index is 4.42. The lowest BCUT2D eigenvalue weighted by molar-refractivity contribution is 0.589. The van der Waals surface area contributed by atoms with Crippen LogP contribution >= 0.6 is 21.6 Å². The van der Waals surface area contributed by atoms with E-state index >= 15 is 0 Å². The first-order chi connectivity index (χ1) is 12.8. The van der Waals surface area contributed by atoms with Crippen LogP contribution in [-0.4, -0.2) is 50.4 Å². The fourth-order valence-corrected chi connectivity index (χ4v) is 4.09. The Morgan fingerprint density at radius 1 is 1.23 bits per heavy atom. The van der Waals surface area contributed by atoms with E-state index in [9.17, 15) is 0 Å². The summed E-state index contributed by atoms with van der Waals surface area (Å²) in [7, 11) is 3.76. The van der Waals surface area contributed by atoms with E-state index in [1.807, 2.05) is 40.0 Å². The molecule has 0 unspecified atom stereocenters. The molecular weight excluding hydrogens is 358 g/mol. The number of nitrogens with one attached hydrogen (secondary N) is 1. The van der Waals surface area contributed by atoms with Crippen molar-refractivity contribution < 1.29 is 0 Å². The van der Waals surface area contributed by atoms with Crippen molar-refractivity contribution in [1.29, 1.82) is 0 Å². The Balaban J connectivity index is 1.84. The van der Waals surface area contributed by atoms with Crippen LogP contribution in [0.5, 0.6) is 0 Å². The molecule has 3 nitrogen and oxygen atoms in total. The van der Waals surface area contributed by atoms with Gasteiger partial charge >= 0.3 is 0 Å². The molecule has 1 aliphatic heterocycles. The normalized spacial score (nSPS) is 15.9. The molecule has 1 aromatic rings. The van der Waals surface area contributed by atoms with E-state index in [4.69, 9.17) is 0 Å². The number of anilines is 1. The quantitative estimate of drug-likeness (QED) is 0.273. The van der Waals surface area contributed by atoms with Crippen LogP contribution in [0.3, 0.4) is 0 Å². The molecule has 140 valence electrons. The van der Waals surface area contributed by atoms with E-state index < -0.39 is 0 Å². The van der Waals surface area contributed by atoms with Crippen LogP contribution in [0.4, 0.5) is 5.69 Å². The summed E-state index contributed by atoms with van der Waals surface area (Å²) in [5.74, 6) is 2.21. The predicted molar refractivity (Wildman–Crippen MR) is 123 cm³/mol. The molecular formula is C21H29N3S2. The fraction of sp³-hybridized carbons (Fsp3) is 0.381. The summed E-state index contributed by atoms with van der Waals surface area (Å²) in [6.07, 6.45) is 9.96. The maximum atomic E-state index is 4.42. The SMILES string of the molecule is C=CC(/C=C/c1ccc(N2CCNCC2)cc1)=C\C=N\CCSSCC. The van der Waals surface area contributed by atoms with Gasteiger partial charge in [0.05, 0.1) is 0 Å². The van der Waals surface area contributed by atoms with Crippen LogP contribution in [0.15, 0.2) is 59.6 Å². The zero-order chi connectivity index (χ0) is 18.5. The first-order valence-electron chi connectivity index (χ1n) is 9.14. The Morgan fingerprint density at radius 2 is 2.00 bits per heavy atom. The van der Waals surface area contributed by atoms with Crippen molar-refractivity contribution in [3.8, 4) is 0 Å². The van der Waals surface area contributed by atoms with Gasteiger partial charge in [0.15, 0.2) is 0 Å². The van der Waals surface area contributed by atoms with E-state index in [2.05, 4.69) is 65.1 Å². The zero-order valence-electron chi connectivity index (χ0n) is 15.6. The van der Waals surface area contributed by atoms with Crippen molar-refractivity contribution in [3.05, 3.63) is 60.2 Å². The van der Waals surface area contributed by atoms with Crippen molar-refractivity contribution in [1.82, 2.24) is 5.32 Å². The number of aliphatic imine (C=N–C) groups is 1. The molecule has 0 amide bonds. The van der Waals surface area contributed by atoms with Crippen LogP contribution in [-0.2, 0) is 0 Å². The number of piperazine rings is 1. The molecule has 1 aliphatic rings. The summed E-state index contributed by atoms with van der Waals surface area (Å²) in [6.45, 7) is 11.2. The molecule has 1 saturated heterocycles. The summed E-state index contributed by atoms with van der Waals surface area (Å²) in [5.41, 5.74) is 3.56. The van der Waals surface area contributed by atoms with Crippen LogP contribution in [0.1, 0.15) is 12.5 Å². The minimum Gasteiger partial charge on any atom is -0.369 e. The molecule has 0 radical (unpaired) electrons. The largest absolute Gasteiger partial charge is 0.369 e. The highest BCUT2D eigenvalue weighted by Crippen LogP contribution is 2.19. The van der Waals surface area contributed by atoms with Crippen LogP contribution in [0.25, 0.3) is 6.08 Å². The molecule has 0 saturated carbocycles. The lowest BCUT2D eigenvalue weighted by atomic mass is 10.1. The second kappa shape index (κ2) is 12.8. The third kappa shape index (κ3) is 7.85. The number of benzene rings is 1. The minimum atomic E-state index is 0.857. The molecule has 1 N–H and O–H groups in total. The van der Waals surface area contributed by atoms with Gasteiger partial charge in [-0.15, -0.1) is 0 Å². The van der Waals surface area contributed by atoms with E-state index in [0.717, 1.165) is 49.8 Å². The average molecular weight is 388 g/mol. The van der Waals surface area contributed by atoms with Gasteiger partial charge in [-0.1, -0.05) is 65.5 Å². The van der Waals surface area contributed by atoms with Crippen LogP contribution in [0.2, 0.25) is 0 Å². The summed E-state index contributed by atoms with van der Waals surface area (Å²) in [5, 5.41) is 3.39. The molecule has 0 aromatic heterocycles. The number of allylic oxidation sites excluding steroid dienone is 4. The van der Waals surface area contributed by atoms with Crippen molar-refractivity contribution in [2.75, 3.05) is 49.1 Å². The van der Waals surface area contributed by atoms with E-state index in [0.29, 0.717) is 0 Å². The molecule has 0 spiro atoms. The summed E-state index contributed by atoms with van der Waals surface area (Å²) < 4.78 is 0. The number of rotatable bonds is 10. The van der Waals surface area contributed by atoms with Crippen molar-refractivity contribution >= 4 is 39.6 Å². The second-order valence-corrected chi connectivity index (χ2v) is 8.69. The molecule has 1 aromatic carbocycles. The maximum Gasteiger partial charge on any atom is 0.0488 e. The van der Waals surface area contributed by atoms with Gasteiger partial charge in [0.1, 0.15) is 0 Å². The van der Waals surface area contributed by atoms with Crippen LogP contribution < -0.4 is 10.2 Å². The highest BCUT2D eigenvalue weighted by molar-refractivity contribution is 8.76. The Kier molecular flexibility index (Phi) is 10.3. The average Bonchev–Trinajstić information content (AvgIpc) is 2.70.